The Labute approximate surface area is 197 Å². The summed E-state index contributed by atoms with van der Waals surface area (Å²) in [5.74, 6) is 0.353. The predicted molar refractivity (Wildman–Crippen MR) is 127 cm³/mol. The minimum absolute atomic E-state index is 0. The van der Waals surface area contributed by atoms with E-state index in [0.717, 1.165) is 12.0 Å². The van der Waals surface area contributed by atoms with Gasteiger partial charge < -0.3 is 26.0 Å². The summed E-state index contributed by atoms with van der Waals surface area (Å²) in [5, 5.41) is 6.59. The Hall–Kier alpha value is -2.63. The lowest BCUT2D eigenvalue weighted by atomic mass is 10.1. The number of aliphatic imine (C=N–C) groups is 1. The van der Waals surface area contributed by atoms with Gasteiger partial charge in [-0.1, -0.05) is 24.3 Å². The number of halogens is 3. The van der Waals surface area contributed by atoms with Crippen molar-refractivity contribution < 1.29 is 18.3 Å². The maximum Gasteiger partial charge on any atom is 0.387 e. The number of carbonyl (C=O) groups is 1. The van der Waals surface area contributed by atoms with Gasteiger partial charge in [-0.25, -0.2) is 0 Å². The highest BCUT2D eigenvalue weighted by Crippen LogP contribution is 2.31. The molecule has 1 fully saturated rings. The highest BCUT2D eigenvalue weighted by Gasteiger charge is 2.26. The molecule has 0 aliphatic carbocycles. The first kappa shape index (κ1) is 24.6. The summed E-state index contributed by atoms with van der Waals surface area (Å²) < 4.78 is 30.0. The van der Waals surface area contributed by atoms with Crippen molar-refractivity contribution in [3.63, 3.8) is 0 Å². The van der Waals surface area contributed by atoms with E-state index in [4.69, 9.17) is 5.73 Å². The predicted octanol–water partition coefficient (Wildman–Crippen LogP) is 2.95. The van der Waals surface area contributed by atoms with E-state index in [9.17, 15) is 13.6 Å². The van der Waals surface area contributed by atoms with Crippen LogP contribution in [0.15, 0.2) is 53.5 Å². The van der Waals surface area contributed by atoms with Crippen molar-refractivity contribution in [3.8, 4) is 5.75 Å². The topological polar surface area (TPSA) is 92.0 Å². The first-order chi connectivity index (χ1) is 14.5. The van der Waals surface area contributed by atoms with Gasteiger partial charge in [-0.3, -0.25) is 9.79 Å². The lowest BCUT2D eigenvalue weighted by Gasteiger charge is -2.22. The monoisotopic (exact) mass is 545 g/mol. The molecular weight excluding hydrogens is 519 g/mol. The van der Waals surface area contributed by atoms with Crippen LogP contribution in [0, 0.1) is 0 Å². The van der Waals surface area contributed by atoms with Crippen molar-refractivity contribution in [1.29, 1.82) is 0 Å². The molecule has 31 heavy (non-hydrogen) atoms. The second-order valence-corrected chi connectivity index (χ2v) is 6.91. The van der Waals surface area contributed by atoms with Crippen molar-refractivity contribution in [3.05, 3.63) is 59.7 Å². The number of nitrogens with zero attached hydrogens (tertiary/aromatic N) is 2. The maximum atomic E-state index is 12.7. The Bertz CT molecular complexity index is 896. The number of hydrogen-bond acceptors (Lipinski definition) is 4. The van der Waals surface area contributed by atoms with E-state index < -0.39 is 12.5 Å². The van der Waals surface area contributed by atoms with Crippen molar-refractivity contribution >= 4 is 41.5 Å². The fourth-order valence-corrected chi connectivity index (χ4v) is 3.37. The summed E-state index contributed by atoms with van der Waals surface area (Å²) in [6.45, 7) is -0.979. The number of nitrogens with two attached hydrogens (primary N) is 1. The Morgan fingerprint density at radius 1 is 1.26 bits per heavy atom. The van der Waals surface area contributed by atoms with E-state index in [1.54, 1.807) is 43.4 Å². The molecule has 4 N–H and O–H groups in total. The number of rotatable bonds is 7. The summed E-state index contributed by atoms with van der Waals surface area (Å²) in [5.41, 5.74) is 7.35. The highest BCUT2D eigenvalue weighted by molar-refractivity contribution is 14.0. The van der Waals surface area contributed by atoms with Gasteiger partial charge in [0.2, 0.25) is 5.91 Å². The highest BCUT2D eigenvalue weighted by atomic mass is 127. The van der Waals surface area contributed by atoms with Crippen molar-refractivity contribution in [2.24, 2.45) is 10.7 Å². The zero-order chi connectivity index (χ0) is 21.5. The van der Waals surface area contributed by atoms with Crippen LogP contribution in [0.4, 0.5) is 14.5 Å². The summed E-state index contributed by atoms with van der Waals surface area (Å²) in [6.07, 6.45) is 0.830. The molecule has 1 saturated heterocycles. The van der Waals surface area contributed by atoms with Crippen LogP contribution in [0.1, 0.15) is 22.3 Å². The third-order valence-corrected chi connectivity index (χ3v) is 4.87. The number of carbonyl (C=O) groups excluding carboxylic acids is 1. The van der Waals surface area contributed by atoms with Crippen molar-refractivity contribution in [2.75, 3.05) is 25.0 Å². The lowest BCUT2D eigenvalue weighted by Crippen LogP contribution is -2.44. The minimum atomic E-state index is -2.86. The molecule has 3 rings (SSSR count). The first-order valence-corrected chi connectivity index (χ1v) is 9.61. The number of hydrogen-bond donors (Lipinski definition) is 3. The zero-order valence-corrected chi connectivity index (χ0v) is 19.4. The number of guanidine groups is 1. The molecule has 1 aliphatic heterocycles. The molecule has 1 heterocycles. The average Bonchev–Trinajstić information content (AvgIpc) is 3.19. The number of para-hydroxylation sites is 2. The lowest BCUT2D eigenvalue weighted by molar-refractivity contribution is -0.0495. The van der Waals surface area contributed by atoms with E-state index in [2.05, 4.69) is 20.4 Å². The van der Waals surface area contributed by atoms with Crippen LogP contribution in [0.3, 0.4) is 0 Å². The molecule has 1 aliphatic rings. The maximum absolute atomic E-state index is 12.7. The number of anilines is 1. The van der Waals surface area contributed by atoms with Crippen molar-refractivity contribution in [1.82, 2.24) is 10.6 Å². The molecule has 0 spiro atoms. The summed E-state index contributed by atoms with van der Waals surface area (Å²) in [6, 6.07) is 13.9. The van der Waals surface area contributed by atoms with Crippen molar-refractivity contribution in [2.45, 2.75) is 25.6 Å². The molecule has 1 amide bonds. The third kappa shape index (κ3) is 6.94. The number of primary amides is 1. The Morgan fingerprint density at radius 2 is 1.97 bits per heavy atom. The van der Waals surface area contributed by atoms with E-state index in [1.165, 1.54) is 0 Å². The number of benzene rings is 2. The van der Waals surface area contributed by atoms with Crippen LogP contribution in [-0.4, -0.2) is 44.7 Å². The van der Waals surface area contributed by atoms with E-state index in [0.29, 0.717) is 36.8 Å². The molecule has 0 aromatic heterocycles. The Morgan fingerprint density at radius 3 is 2.61 bits per heavy atom. The third-order valence-electron chi connectivity index (χ3n) is 4.87. The largest absolute Gasteiger partial charge is 0.433 e. The quantitative estimate of drug-likeness (QED) is 0.283. The molecule has 10 heteroatoms. The van der Waals surface area contributed by atoms with Crippen LogP contribution < -0.4 is 26.0 Å². The van der Waals surface area contributed by atoms with Crippen LogP contribution in [0.2, 0.25) is 0 Å². The molecule has 0 radical (unpaired) electrons. The zero-order valence-electron chi connectivity index (χ0n) is 17.1. The molecule has 2 aromatic rings. The van der Waals surface area contributed by atoms with E-state index in [1.807, 2.05) is 17.0 Å². The van der Waals surface area contributed by atoms with Crippen LogP contribution in [0.5, 0.6) is 5.75 Å². The van der Waals surface area contributed by atoms with E-state index >= 15 is 0 Å². The van der Waals surface area contributed by atoms with Gasteiger partial charge in [0.15, 0.2) is 5.96 Å². The molecule has 7 nitrogen and oxygen atoms in total. The Balaban J connectivity index is 0.00000341. The van der Waals surface area contributed by atoms with Gasteiger partial charge in [-0.2, -0.15) is 8.78 Å². The molecule has 0 bridgehead atoms. The standard InChI is InChI=1S/C21H25F2N5O2.HI/c1-25-21(26-12-14-6-8-15(9-7-14)19(24)29)27-16-10-11-28(13-16)17-4-2-3-5-18(17)30-20(22)23;/h2-9,16,20H,10-13H2,1H3,(H2,24,29)(H2,25,26,27);1H. The molecule has 0 saturated carbocycles. The fourth-order valence-electron chi connectivity index (χ4n) is 3.37. The fraction of sp³-hybridized carbons (Fsp3) is 0.333. The molecular formula is C21H26F2IN5O2. The van der Waals surface area contributed by atoms with Gasteiger partial charge >= 0.3 is 6.61 Å². The molecule has 168 valence electrons. The molecule has 1 atom stereocenters. The number of nitrogens with one attached hydrogen (secondary N) is 2. The molecule has 2 aromatic carbocycles. The van der Waals surface area contributed by atoms with Gasteiger partial charge in [0, 0.05) is 38.3 Å². The van der Waals surface area contributed by atoms with Crippen LogP contribution in [0.25, 0.3) is 0 Å². The van der Waals surface area contributed by atoms with Crippen LogP contribution >= 0.6 is 24.0 Å². The van der Waals surface area contributed by atoms with Gasteiger partial charge in [-0.15, -0.1) is 24.0 Å². The minimum Gasteiger partial charge on any atom is -0.433 e. The summed E-state index contributed by atoms with van der Waals surface area (Å²) in [4.78, 5) is 17.4. The normalized spacial score (nSPS) is 16.1. The number of ether oxygens (including phenoxy) is 1. The summed E-state index contributed by atoms with van der Waals surface area (Å²) in [7, 11) is 1.68. The average molecular weight is 545 g/mol. The van der Waals surface area contributed by atoms with Gasteiger partial charge in [-0.05, 0) is 36.2 Å². The van der Waals surface area contributed by atoms with Gasteiger partial charge in [0.1, 0.15) is 5.75 Å². The smallest absolute Gasteiger partial charge is 0.387 e. The van der Waals surface area contributed by atoms with E-state index in [-0.39, 0.29) is 35.8 Å². The summed E-state index contributed by atoms with van der Waals surface area (Å²) >= 11 is 0. The second kappa shape index (κ2) is 11.7. The number of amides is 1. The number of alkyl halides is 2. The van der Waals surface area contributed by atoms with Gasteiger partial charge in [0.05, 0.1) is 5.69 Å². The Kier molecular flexibility index (Phi) is 9.28. The molecule has 1 unspecified atom stereocenters. The van der Waals surface area contributed by atoms with Gasteiger partial charge in [0.25, 0.3) is 0 Å². The SMILES string of the molecule is CN=C(NCc1ccc(C(N)=O)cc1)NC1CCN(c2ccccc2OC(F)F)C1.I. The second-order valence-electron chi connectivity index (χ2n) is 6.91. The van der Waals surface area contributed by atoms with Crippen LogP contribution in [-0.2, 0) is 6.54 Å². The first-order valence-electron chi connectivity index (χ1n) is 9.61.